The maximum atomic E-state index is 13.2. The molecule has 3 aromatic rings. The van der Waals surface area contributed by atoms with E-state index in [-0.39, 0.29) is 24.3 Å². The average Bonchev–Trinajstić information content (AvgIpc) is 3.57. The molecule has 0 aliphatic carbocycles. The minimum Gasteiger partial charge on any atom is -0.377 e. The van der Waals surface area contributed by atoms with Gasteiger partial charge in [-0.15, -0.1) is 0 Å². The summed E-state index contributed by atoms with van der Waals surface area (Å²) in [6.45, 7) is 6.71. The summed E-state index contributed by atoms with van der Waals surface area (Å²) in [5.74, 6) is 0.0923. The molecule has 38 heavy (non-hydrogen) atoms. The third-order valence-electron chi connectivity index (χ3n) is 8.30. The minimum absolute atomic E-state index is 0.169. The number of pyridine rings is 1. The van der Waals surface area contributed by atoms with Crippen LogP contribution in [0, 0.1) is 6.92 Å². The predicted octanol–water partition coefficient (Wildman–Crippen LogP) is 2.33. The molecule has 4 aliphatic rings. The molecule has 0 radical (unpaired) electrons. The van der Waals surface area contributed by atoms with Crippen LogP contribution in [0.25, 0.3) is 22.4 Å². The van der Waals surface area contributed by atoms with Crippen molar-refractivity contribution in [2.75, 3.05) is 26.3 Å². The fourth-order valence-corrected chi connectivity index (χ4v) is 6.23. The van der Waals surface area contributed by atoms with Gasteiger partial charge in [0.05, 0.1) is 24.9 Å². The summed E-state index contributed by atoms with van der Waals surface area (Å²) in [7, 11) is 0. The van der Waals surface area contributed by atoms with Crippen molar-refractivity contribution in [2.45, 2.75) is 57.8 Å². The number of carbonyl (C=O) groups is 3. The molecule has 6 heterocycles. The lowest BCUT2D eigenvalue weighted by Crippen LogP contribution is -2.52. The summed E-state index contributed by atoms with van der Waals surface area (Å²) in [6.07, 6.45) is 3.03. The molecule has 7 rings (SSSR count). The molecule has 3 amide bonds. The van der Waals surface area contributed by atoms with Crippen molar-refractivity contribution in [3.8, 4) is 11.3 Å². The summed E-state index contributed by atoms with van der Waals surface area (Å²) in [5, 5.41) is 2.37. The van der Waals surface area contributed by atoms with Crippen LogP contribution in [0.15, 0.2) is 24.3 Å². The van der Waals surface area contributed by atoms with Gasteiger partial charge in [-0.2, -0.15) is 0 Å². The average molecular weight is 515 g/mol. The number of ether oxygens (including phenoxy) is 1. The largest absolute Gasteiger partial charge is 0.377 e. The first kappa shape index (κ1) is 23.5. The third kappa shape index (κ3) is 3.82. The number of aryl methyl sites for hydroxylation is 1. The van der Waals surface area contributed by atoms with Gasteiger partial charge in [0.25, 0.3) is 5.91 Å². The summed E-state index contributed by atoms with van der Waals surface area (Å²) < 4.78 is 7.69. The number of imidazole rings is 1. The molecule has 10 heteroatoms. The van der Waals surface area contributed by atoms with E-state index in [1.54, 1.807) is 4.90 Å². The number of hydrogen-bond donors (Lipinski definition) is 1. The van der Waals surface area contributed by atoms with Crippen LogP contribution in [0.1, 0.15) is 59.0 Å². The molecule has 0 spiro atoms. The van der Waals surface area contributed by atoms with Gasteiger partial charge in [-0.25, -0.2) is 9.97 Å². The van der Waals surface area contributed by atoms with Crippen LogP contribution in [-0.4, -0.2) is 74.4 Å². The highest BCUT2D eigenvalue weighted by Gasteiger charge is 2.39. The first-order valence-corrected chi connectivity index (χ1v) is 13.4. The minimum atomic E-state index is -0.625. The molecular weight excluding hydrogens is 484 g/mol. The van der Waals surface area contributed by atoms with Crippen LogP contribution in [0.2, 0.25) is 0 Å². The van der Waals surface area contributed by atoms with E-state index in [0.717, 1.165) is 59.0 Å². The second-order valence-electron chi connectivity index (χ2n) is 10.8. The Hall–Kier alpha value is -3.63. The van der Waals surface area contributed by atoms with Crippen molar-refractivity contribution in [2.24, 2.45) is 0 Å². The number of hydrogen-bond acceptors (Lipinski definition) is 7. The Morgan fingerprint density at radius 3 is 2.63 bits per heavy atom. The maximum absolute atomic E-state index is 13.2. The summed E-state index contributed by atoms with van der Waals surface area (Å²) in [5.41, 5.74) is 6.25. The number of fused-ring (bicyclic) bond motifs is 2. The normalized spacial score (nSPS) is 22.3. The van der Waals surface area contributed by atoms with E-state index in [4.69, 9.17) is 14.7 Å². The Morgan fingerprint density at radius 1 is 1.08 bits per heavy atom. The van der Waals surface area contributed by atoms with Crippen LogP contribution in [0.5, 0.6) is 0 Å². The zero-order valence-electron chi connectivity index (χ0n) is 21.4. The fourth-order valence-electron chi connectivity index (χ4n) is 6.23. The topological polar surface area (TPSA) is 110 Å². The molecule has 3 fully saturated rings. The number of piperidine rings is 1. The number of amides is 3. The molecule has 3 saturated heterocycles. The van der Waals surface area contributed by atoms with Gasteiger partial charge in [-0.1, -0.05) is 6.07 Å². The van der Waals surface area contributed by atoms with E-state index >= 15 is 0 Å². The monoisotopic (exact) mass is 514 g/mol. The van der Waals surface area contributed by atoms with Gasteiger partial charge in [0.1, 0.15) is 17.4 Å². The first-order valence-electron chi connectivity index (χ1n) is 13.4. The zero-order chi connectivity index (χ0) is 26.0. The standard InChI is InChI=1S/C28H30N6O4/c1-16-29-25-19(12-32-8-2-3-9-32)11-22(30-26(25)34(16)20-14-38-15-20)17-4-5-21-18(10-17)13-33(28(21)37)23-6-7-24(35)31-27(23)36/h4-5,10-11,20,23H,2-3,6-9,12-15H2,1H3,(H,31,35,36). The number of nitrogens with one attached hydrogen (secondary N) is 1. The Morgan fingerprint density at radius 2 is 1.89 bits per heavy atom. The second kappa shape index (κ2) is 8.99. The molecule has 1 aromatic carbocycles. The molecular formula is C28H30N6O4. The van der Waals surface area contributed by atoms with Crippen LogP contribution >= 0.6 is 0 Å². The molecule has 2 aromatic heterocycles. The van der Waals surface area contributed by atoms with Gasteiger partial charge in [0, 0.05) is 30.6 Å². The molecule has 10 nitrogen and oxygen atoms in total. The van der Waals surface area contributed by atoms with E-state index in [9.17, 15) is 14.4 Å². The van der Waals surface area contributed by atoms with Gasteiger partial charge in [0.2, 0.25) is 11.8 Å². The molecule has 4 aliphatic heterocycles. The lowest BCUT2D eigenvalue weighted by molar-refractivity contribution is -0.136. The van der Waals surface area contributed by atoms with E-state index < -0.39 is 11.9 Å². The van der Waals surface area contributed by atoms with Crippen molar-refractivity contribution < 1.29 is 19.1 Å². The van der Waals surface area contributed by atoms with Crippen LogP contribution < -0.4 is 5.32 Å². The van der Waals surface area contributed by atoms with Crippen molar-refractivity contribution in [1.29, 1.82) is 0 Å². The van der Waals surface area contributed by atoms with Crippen molar-refractivity contribution >= 4 is 28.9 Å². The van der Waals surface area contributed by atoms with Crippen LogP contribution in [0.4, 0.5) is 0 Å². The maximum Gasteiger partial charge on any atom is 0.255 e. The van der Waals surface area contributed by atoms with Gasteiger partial charge < -0.3 is 14.2 Å². The molecule has 196 valence electrons. The van der Waals surface area contributed by atoms with Crippen molar-refractivity contribution in [3.05, 3.63) is 46.8 Å². The lowest BCUT2D eigenvalue weighted by atomic mass is 10.0. The van der Waals surface area contributed by atoms with Crippen molar-refractivity contribution in [1.82, 2.24) is 29.7 Å². The molecule has 1 unspecified atom stereocenters. The molecule has 0 saturated carbocycles. The van der Waals surface area contributed by atoms with E-state index in [1.165, 1.54) is 12.8 Å². The quantitative estimate of drug-likeness (QED) is 0.521. The number of rotatable bonds is 5. The lowest BCUT2D eigenvalue weighted by Gasteiger charge is -2.29. The summed E-state index contributed by atoms with van der Waals surface area (Å²) in [6, 6.07) is 7.56. The number of benzene rings is 1. The highest BCUT2D eigenvalue weighted by Crippen LogP contribution is 2.34. The van der Waals surface area contributed by atoms with Crippen LogP contribution in [-0.2, 0) is 27.4 Å². The Balaban J connectivity index is 1.27. The highest BCUT2D eigenvalue weighted by molar-refractivity contribution is 6.05. The van der Waals surface area contributed by atoms with E-state index in [2.05, 4.69) is 20.9 Å². The van der Waals surface area contributed by atoms with E-state index in [0.29, 0.717) is 31.7 Å². The number of imide groups is 1. The SMILES string of the molecule is Cc1nc2c(CN3CCCC3)cc(-c3ccc4c(c3)CN(C3CCC(=O)NC3=O)C4=O)nc2n1C1COC1. The van der Waals surface area contributed by atoms with Crippen molar-refractivity contribution in [3.63, 3.8) is 0 Å². The fraction of sp³-hybridized carbons (Fsp3) is 0.464. The zero-order valence-corrected chi connectivity index (χ0v) is 21.4. The number of likely N-dealkylation sites (tertiary alicyclic amines) is 1. The summed E-state index contributed by atoms with van der Waals surface area (Å²) >= 11 is 0. The molecule has 1 atom stereocenters. The van der Waals surface area contributed by atoms with Gasteiger partial charge >= 0.3 is 0 Å². The van der Waals surface area contributed by atoms with Gasteiger partial charge in [-0.05, 0) is 68.6 Å². The smallest absolute Gasteiger partial charge is 0.255 e. The van der Waals surface area contributed by atoms with E-state index in [1.807, 2.05) is 25.1 Å². The van der Waals surface area contributed by atoms with Gasteiger partial charge in [0.15, 0.2) is 5.65 Å². The number of nitrogens with zero attached hydrogens (tertiary/aromatic N) is 5. The first-order chi connectivity index (χ1) is 18.5. The molecule has 1 N–H and O–H groups in total. The highest BCUT2D eigenvalue weighted by atomic mass is 16.5. The Labute approximate surface area is 220 Å². The van der Waals surface area contributed by atoms with Gasteiger partial charge in [-0.3, -0.25) is 24.6 Å². The number of carbonyl (C=O) groups excluding carboxylic acids is 3. The Bertz CT molecular complexity index is 1490. The molecule has 0 bridgehead atoms. The third-order valence-corrected chi connectivity index (χ3v) is 8.30. The number of aromatic nitrogens is 3. The Kier molecular flexibility index (Phi) is 5.55. The summed E-state index contributed by atoms with van der Waals surface area (Å²) in [4.78, 5) is 51.3. The predicted molar refractivity (Wildman–Crippen MR) is 138 cm³/mol. The van der Waals surface area contributed by atoms with Crippen LogP contribution in [0.3, 0.4) is 0 Å². The second-order valence-corrected chi connectivity index (χ2v) is 10.8.